The van der Waals surface area contributed by atoms with Gasteiger partial charge in [0.25, 0.3) is 5.91 Å². The number of allylic oxidation sites excluding steroid dienone is 4. The average Bonchev–Trinajstić information content (AvgIpc) is 3.26. The van der Waals surface area contributed by atoms with Gasteiger partial charge in [0.15, 0.2) is 0 Å². The lowest BCUT2D eigenvalue weighted by molar-refractivity contribution is -0.138. The molecule has 0 fully saturated rings. The number of alkyl halides is 3. The van der Waals surface area contributed by atoms with E-state index in [-0.39, 0.29) is 40.2 Å². The number of rotatable bonds is 2. The summed E-state index contributed by atoms with van der Waals surface area (Å²) in [7, 11) is 1.68. The van der Waals surface area contributed by atoms with Crippen molar-refractivity contribution in [2.45, 2.75) is 39.4 Å². The predicted molar refractivity (Wildman–Crippen MR) is 127 cm³/mol. The molecule has 38 heavy (non-hydrogen) atoms. The highest BCUT2D eigenvalue weighted by Gasteiger charge is 2.38. The van der Waals surface area contributed by atoms with Gasteiger partial charge in [0.05, 0.1) is 46.9 Å². The van der Waals surface area contributed by atoms with Gasteiger partial charge in [-0.2, -0.15) is 23.7 Å². The molecule has 11 heteroatoms. The van der Waals surface area contributed by atoms with Crippen LogP contribution in [-0.2, 0) is 12.7 Å². The Balaban J connectivity index is 1.82. The van der Waals surface area contributed by atoms with E-state index in [0.717, 1.165) is 0 Å². The summed E-state index contributed by atoms with van der Waals surface area (Å²) < 4.78 is 69.8. The van der Waals surface area contributed by atoms with Gasteiger partial charge in [0.1, 0.15) is 17.5 Å². The van der Waals surface area contributed by atoms with Crippen LogP contribution in [0.3, 0.4) is 0 Å². The van der Waals surface area contributed by atoms with Crippen LogP contribution in [0, 0.1) is 41.2 Å². The molecule has 0 aliphatic carbocycles. The quantitative estimate of drug-likeness (QED) is 0.517. The molecule has 6 nitrogen and oxygen atoms in total. The maximum Gasteiger partial charge on any atom is 0.417 e. The van der Waals surface area contributed by atoms with Gasteiger partial charge in [-0.15, -0.1) is 0 Å². The number of nitrogens with zero attached hydrogens (tertiary/aromatic N) is 4. The highest BCUT2D eigenvalue weighted by atomic mass is 19.4. The molecule has 194 valence electrons. The van der Waals surface area contributed by atoms with Crippen molar-refractivity contribution in [2.75, 3.05) is 7.05 Å². The van der Waals surface area contributed by atoms with Crippen molar-refractivity contribution in [1.29, 1.82) is 10.5 Å². The number of hydrogen-bond acceptors (Lipinski definition) is 5. The van der Waals surface area contributed by atoms with E-state index in [1.807, 2.05) is 0 Å². The Hall–Kier alpha value is -4.51. The van der Waals surface area contributed by atoms with Crippen LogP contribution in [0.5, 0.6) is 0 Å². The third kappa shape index (κ3) is 4.20. The summed E-state index contributed by atoms with van der Waals surface area (Å²) in [4.78, 5) is 18.7. The Bertz CT molecular complexity index is 1530. The highest BCUT2D eigenvalue weighted by Crippen LogP contribution is 2.43. The molecular formula is C27H20F5N5O. The smallest absolute Gasteiger partial charge is 0.350 e. The molecule has 1 N–H and O–H groups in total. The Labute approximate surface area is 215 Å². The maximum atomic E-state index is 15.7. The Morgan fingerprint density at radius 2 is 1.68 bits per heavy atom. The molecule has 0 radical (unpaired) electrons. The van der Waals surface area contributed by atoms with Gasteiger partial charge < -0.3 is 10.2 Å². The van der Waals surface area contributed by atoms with Crippen LogP contribution in [0.4, 0.5) is 22.0 Å². The van der Waals surface area contributed by atoms with E-state index >= 15 is 4.39 Å². The largest absolute Gasteiger partial charge is 0.417 e. The predicted octanol–water partition coefficient (Wildman–Crippen LogP) is 5.61. The average molecular weight is 525 g/mol. The molecule has 0 aromatic heterocycles. The number of fused-ring (bicyclic) bond motifs is 1. The first-order valence-corrected chi connectivity index (χ1v) is 11.3. The number of amides is 1. The van der Waals surface area contributed by atoms with E-state index in [1.165, 1.54) is 13.0 Å². The van der Waals surface area contributed by atoms with Crippen LogP contribution in [0.15, 0.2) is 51.8 Å². The summed E-state index contributed by atoms with van der Waals surface area (Å²) in [5, 5.41) is 22.1. The maximum absolute atomic E-state index is 15.7. The molecule has 2 aliphatic rings. The number of hydrogen-bond donors (Lipinski definition) is 1. The number of nitrogens with one attached hydrogen (secondary N) is 1. The van der Waals surface area contributed by atoms with Crippen LogP contribution in [0.2, 0.25) is 0 Å². The molecule has 0 bridgehead atoms. The lowest BCUT2D eigenvalue weighted by Gasteiger charge is -2.33. The molecule has 2 aliphatic heterocycles. The van der Waals surface area contributed by atoms with Gasteiger partial charge in [-0.3, -0.25) is 9.79 Å². The van der Waals surface area contributed by atoms with Gasteiger partial charge in [-0.25, -0.2) is 8.78 Å². The van der Waals surface area contributed by atoms with E-state index in [0.29, 0.717) is 35.2 Å². The van der Waals surface area contributed by atoms with Gasteiger partial charge in [0, 0.05) is 29.6 Å². The Morgan fingerprint density at radius 3 is 2.24 bits per heavy atom. The SMILES string of the molecule is CC1=C(C#N)C(c2cc3c(c(C)c2F)CN=C3NC(=O)c2cc(F)ccc2C(F)(F)F)C(C#N)=C(C)N1C. The number of halogens is 5. The van der Waals surface area contributed by atoms with Crippen LogP contribution in [0.1, 0.15) is 57.9 Å². The van der Waals surface area contributed by atoms with Gasteiger partial charge in [0.2, 0.25) is 0 Å². The van der Waals surface area contributed by atoms with Crippen molar-refractivity contribution in [2.24, 2.45) is 4.99 Å². The number of carbonyl (C=O) groups excluding carboxylic acids is 1. The molecule has 0 saturated carbocycles. The fraction of sp³-hybridized carbons (Fsp3) is 0.259. The van der Waals surface area contributed by atoms with Gasteiger partial charge in [-0.1, -0.05) is 0 Å². The lowest BCUT2D eigenvalue weighted by Crippen LogP contribution is -2.32. The molecule has 1 amide bonds. The molecule has 0 atom stereocenters. The fourth-order valence-corrected chi connectivity index (χ4v) is 4.74. The number of amidine groups is 1. The van der Waals surface area contributed by atoms with E-state index in [4.69, 9.17) is 0 Å². The van der Waals surface area contributed by atoms with Crippen LogP contribution < -0.4 is 5.32 Å². The molecule has 4 rings (SSSR count). The van der Waals surface area contributed by atoms with Crippen molar-refractivity contribution in [1.82, 2.24) is 10.2 Å². The standard InChI is InChI=1S/C27H20F5N5O/c1-12-21-11-35-25(36-26(38)17-7-15(28)5-6-22(17)27(30,31)32)16(21)8-18(24(12)29)23-19(9-33)13(2)37(4)14(3)20(23)10-34/h5-8,23H,11H2,1-4H3,(H,35,36,38). The summed E-state index contributed by atoms with van der Waals surface area (Å²) in [5.74, 6) is -4.10. The summed E-state index contributed by atoms with van der Waals surface area (Å²) >= 11 is 0. The summed E-state index contributed by atoms with van der Waals surface area (Å²) in [6, 6.07) is 7.04. The lowest BCUT2D eigenvalue weighted by atomic mass is 9.79. The number of aliphatic imine (C=N–C) groups is 1. The molecule has 2 aromatic carbocycles. The number of carbonyl (C=O) groups is 1. The Morgan fingerprint density at radius 1 is 1.08 bits per heavy atom. The van der Waals surface area contributed by atoms with Crippen molar-refractivity contribution in [3.05, 3.63) is 91.8 Å². The molecular weight excluding hydrogens is 505 g/mol. The zero-order valence-electron chi connectivity index (χ0n) is 20.7. The summed E-state index contributed by atoms with van der Waals surface area (Å²) in [6.45, 7) is 4.76. The minimum Gasteiger partial charge on any atom is -0.350 e. The second kappa shape index (κ2) is 9.42. The normalized spacial score (nSPS) is 15.8. The summed E-state index contributed by atoms with van der Waals surface area (Å²) in [5.41, 5.74) is -0.105. The van der Waals surface area contributed by atoms with E-state index in [2.05, 4.69) is 22.4 Å². The third-order valence-corrected chi connectivity index (χ3v) is 6.99. The first-order chi connectivity index (χ1) is 17.8. The second-order valence-corrected chi connectivity index (χ2v) is 8.95. The van der Waals surface area contributed by atoms with Crippen LogP contribution in [-0.4, -0.2) is 23.7 Å². The van der Waals surface area contributed by atoms with E-state index in [9.17, 15) is 32.9 Å². The second-order valence-electron chi connectivity index (χ2n) is 8.95. The van der Waals surface area contributed by atoms with Crippen molar-refractivity contribution in [3.8, 4) is 12.1 Å². The monoisotopic (exact) mass is 525 g/mol. The van der Waals surface area contributed by atoms with Gasteiger partial charge in [-0.05, 0) is 56.2 Å². The van der Waals surface area contributed by atoms with Crippen molar-refractivity contribution in [3.63, 3.8) is 0 Å². The molecule has 0 spiro atoms. The van der Waals surface area contributed by atoms with E-state index in [1.54, 1.807) is 25.8 Å². The Kier molecular flexibility index (Phi) is 6.58. The summed E-state index contributed by atoms with van der Waals surface area (Å²) in [6.07, 6.45) is -4.91. The molecule has 2 aromatic rings. The molecule has 0 saturated heterocycles. The van der Waals surface area contributed by atoms with Crippen LogP contribution in [0.25, 0.3) is 0 Å². The van der Waals surface area contributed by atoms with Crippen molar-refractivity contribution >= 4 is 11.7 Å². The van der Waals surface area contributed by atoms with Crippen molar-refractivity contribution < 1.29 is 26.7 Å². The topological polar surface area (TPSA) is 92.3 Å². The first-order valence-electron chi connectivity index (χ1n) is 11.3. The minimum atomic E-state index is -4.91. The molecule has 0 unspecified atom stereocenters. The zero-order chi connectivity index (χ0) is 28.1. The zero-order valence-corrected chi connectivity index (χ0v) is 20.7. The van der Waals surface area contributed by atoms with Gasteiger partial charge >= 0.3 is 6.18 Å². The number of nitriles is 2. The fourth-order valence-electron chi connectivity index (χ4n) is 4.74. The first kappa shape index (κ1) is 26.6. The third-order valence-electron chi connectivity index (χ3n) is 6.99. The minimum absolute atomic E-state index is 0.00765. The molecule has 2 heterocycles. The van der Waals surface area contributed by atoms with E-state index < -0.39 is 40.8 Å². The number of benzene rings is 2. The highest BCUT2D eigenvalue weighted by molar-refractivity contribution is 6.14. The van der Waals surface area contributed by atoms with Crippen LogP contribution >= 0.6 is 0 Å².